The maximum absolute atomic E-state index is 13.2. The molecule has 2 aromatic rings. The highest BCUT2D eigenvalue weighted by Crippen LogP contribution is 2.24. The lowest BCUT2D eigenvalue weighted by molar-refractivity contribution is 0.156. The van der Waals surface area contributed by atoms with Crippen LogP contribution in [0.15, 0.2) is 53.7 Å². The van der Waals surface area contributed by atoms with Gasteiger partial charge in [-0.25, -0.2) is 9.29 Å². The molecule has 0 bridgehead atoms. The predicted molar refractivity (Wildman–Crippen MR) is 105 cm³/mol. The van der Waals surface area contributed by atoms with Crippen molar-refractivity contribution in [2.45, 2.75) is 37.3 Å². The third kappa shape index (κ3) is 5.37. The van der Waals surface area contributed by atoms with Crippen LogP contribution in [0.3, 0.4) is 0 Å². The van der Waals surface area contributed by atoms with Crippen molar-refractivity contribution >= 4 is 23.8 Å². The molecule has 0 fully saturated rings. The van der Waals surface area contributed by atoms with Crippen LogP contribution in [-0.4, -0.2) is 39.9 Å². The van der Waals surface area contributed by atoms with E-state index in [4.69, 9.17) is 4.74 Å². The monoisotopic (exact) mass is 394 g/mol. The lowest BCUT2D eigenvalue weighted by Crippen LogP contribution is -2.35. The molecule has 2 rings (SSSR count). The minimum absolute atomic E-state index is 0.0989. The molecule has 8 heteroatoms. The Balaban J connectivity index is 2.31. The summed E-state index contributed by atoms with van der Waals surface area (Å²) < 4.78 is 33.3. The van der Waals surface area contributed by atoms with Gasteiger partial charge in [-0.1, -0.05) is 43.9 Å². The van der Waals surface area contributed by atoms with Crippen molar-refractivity contribution < 1.29 is 18.3 Å². The minimum Gasteiger partial charge on any atom is -0.392 e. The van der Waals surface area contributed by atoms with Gasteiger partial charge in [0.1, 0.15) is 6.73 Å². The average Bonchev–Trinajstić information content (AvgIpc) is 2.61. The number of pyridine rings is 1. The van der Waals surface area contributed by atoms with E-state index in [9.17, 15) is 13.5 Å². The van der Waals surface area contributed by atoms with Crippen LogP contribution in [0.25, 0.3) is 0 Å². The van der Waals surface area contributed by atoms with Gasteiger partial charge in [0.2, 0.25) is 0 Å². The predicted octanol–water partition coefficient (Wildman–Crippen LogP) is 3.08. The minimum atomic E-state index is -3.96. The lowest BCUT2D eigenvalue weighted by atomic mass is 10.3. The maximum atomic E-state index is 13.2. The van der Waals surface area contributed by atoms with Gasteiger partial charge in [-0.15, -0.1) is 0 Å². The molecule has 0 amide bonds. The summed E-state index contributed by atoms with van der Waals surface area (Å²) in [6, 6.07) is 12.9. The van der Waals surface area contributed by atoms with Gasteiger partial charge in [0.05, 0.1) is 12.3 Å². The van der Waals surface area contributed by atoms with Gasteiger partial charge in [-0.3, -0.25) is 0 Å². The second kappa shape index (κ2) is 8.76. The van der Waals surface area contributed by atoms with Crippen LogP contribution >= 0.6 is 0 Å². The Morgan fingerprint density at radius 3 is 2.42 bits per heavy atom. The van der Waals surface area contributed by atoms with E-state index in [0.717, 1.165) is 6.04 Å². The average molecular weight is 395 g/mol. The number of hydrogen-bond donors (Lipinski definition) is 1. The summed E-state index contributed by atoms with van der Waals surface area (Å²) in [6.07, 6.45) is 1.40. The Hall–Kier alpha value is -1.74. The molecule has 0 saturated heterocycles. The maximum Gasteiger partial charge on any atom is 0.284 e. The molecule has 1 heterocycles. The number of nitrogens with zero attached hydrogens (tertiary/aromatic N) is 2. The molecule has 0 unspecified atom stereocenters. The number of hydrogen-bond acceptors (Lipinski definition) is 5. The first-order valence-corrected chi connectivity index (χ1v) is 13.6. The number of ether oxygens (including phenoxy) is 1. The van der Waals surface area contributed by atoms with E-state index in [1.165, 1.54) is 10.5 Å². The fourth-order valence-corrected chi connectivity index (χ4v) is 4.52. The van der Waals surface area contributed by atoms with Crippen molar-refractivity contribution in [3.63, 3.8) is 0 Å². The van der Waals surface area contributed by atoms with Crippen molar-refractivity contribution in [1.29, 1.82) is 0 Å². The lowest BCUT2D eigenvalue weighted by Gasteiger charge is -2.25. The molecular formula is C18H26N2O4SSi. The molecule has 26 heavy (non-hydrogen) atoms. The third-order valence-electron chi connectivity index (χ3n) is 3.80. The van der Waals surface area contributed by atoms with Crippen molar-refractivity contribution in [3.8, 4) is 0 Å². The smallest absolute Gasteiger partial charge is 0.284 e. The Bertz CT molecular complexity index is 807. The van der Waals surface area contributed by atoms with E-state index in [1.54, 1.807) is 36.4 Å². The van der Waals surface area contributed by atoms with E-state index in [-0.39, 0.29) is 17.3 Å². The number of benzene rings is 1. The number of para-hydroxylation sites is 1. The van der Waals surface area contributed by atoms with Gasteiger partial charge >= 0.3 is 0 Å². The number of aromatic nitrogens is 1. The molecule has 0 aliphatic rings. The zero-order valence-electron chi connectivity index (χ0n) is 15.4. The highest BCUT2D eigenvalue weighted by Gasteiger charge is 2.29. The summed E-state index contributed by atoms with van der Waals surface area (Å²) in [6.45, 7) is 6.72. The van der Waals surface area contributed by atoms with E-state index < -0.39 is 24.7 Å². The molecular weight excluding hydrogens is 368 g/mol. The molecule has 0 aliphatic carbocycles. The summed E-state index contributed by atoms with van der Waals surface area (Å²) in [4.78, 5) is 4.00. The van der Waals surface area contributed by atoms with Gasteiger partial charge < -0.3 is 9.84 Å². The number of rotatable bonds is 9. The van der Waals surface area contributed by atoms with E-state index in [0.29, 0.717) is 12.3 Å². The standard InChI is InChI=1S/C18H26N2O4SSi/c1-26(2,3)13-12-24-15-20(17-9-5-4-6-10-17)25(22,23)18-16(14-21)8-7-11-19-18/h4-11,21H,12-15H2,1-3H3. The van der Waals surface area contributed by atoms with E-state index in [1.807, 2.05) is 6.07 Å². The topological polar surface area (TPSA) is 79.7 Å². The van der Waals surface area contributed by atoms with Crippen LogP contribution in [-0.2, 0) is 21.4 Å². The fourth-order valence-electron chi connectivity index (χ4n) is 2.28. The summed E-state index contributed by atoms with van der Waals surface area (Å²) in [5.41, 5.74) is 0.755. The van der Waals surface area contributed by atoms with Crippen molar-refractivity contribution in [2.24, 2.45) is 0 Å². The normalized spacial score (nSPS) is 12.2. The number of anilines is 1. The second-order valence-electron chi connectivity index (χ2n) is 7.16. The highest BCUT2D eigenvalue weighted by molar-refractivity contribution is 7.92. The Kier molecular flexibility index (Phi) is 6.93. The summed E-state index contributed by atoms with van der Waals surface area (Å²) in [5.74, 6) is 0. The van der Waals surface area contributed by atoms with Crippen LogP contribution in [0.1, 0.15) is 5.56 Å². The van der Waals surface area contributed by atoms with Gasteiger partial charge in [-0.2, -0.15) is 8.42 Å². The zero-order chi connectivity index (χ0) is 19.2. The summed E-state index contributed by atoms with van der Waals surface area (Å²) in [5, 5.41) is 9.34. The van der Waals surface area contributed by atoms with E-state index >= 15 is 0 Å². The molecule has 0 atom stereocenters. The molecule has 6 nitrogen and oxygen atoms in total. The van der Waals surface area contributed by atoms with Crippen LogP contribution < -0.4 is 4.31 Å². The second-order valence-corrected chi connectivity index (χ2v) is 14.6. The zero-order valence-corrected chi connectivity index (χ0v) is 17.2. The molecule has 142 valence electrons. The molecule has 0 radical (unpaired) electrons. The first kappa shape index (κ1) is 20.6. The van der Waals surface area contributed by atoms with Gasteiger partial charge in [0.15, 0.2) is 5.03 Å². The third-order valence-corrected chi connectivity index (χ3v) is 7.26. The van der Waals surface area contributed by atoms with Crippen LogP contribution in [0, 0.1) is 0 Å². The van der Waals surface area contributed by atoms with Crippen molar-refractivity contribution in [2.75, 3.05) is 17.6 Å². The summed E-state index contributed by atoms with van der Waals surface area (Å²) in [7, 11) is -5.24. The van der Waals surface area contributed by atoms with Crippen molar-refractivity contribution in [1.82, 2.24) is 4.98 Å². The summed E-state index contributed by atoms with van der Waals surface area (Å²) >= 11 is 0. The number of sulfonamides is 1. The van der Waals surface area contributed by atoms with E-state index in [2.05, 4.69) is 24.6 Å². The number of aliphatic hydroxyl groups is 1. The first-order chi connectivity index (χ1) is 12.3. The van der Waals surface area contributed by atoms with Crippen LogP contribution in [0.2, 0.25) is 25.7 Å². The first-order valence-electron chi connectivity index (χ1n) is 8.46. The molecule has 0 spiro atoms. The molecule has 1 aromatic carbocycles. The fraction of sp³-hybridized carbons (Fsp3) is 0.389. The van der Waals surface area contributed by atoms with Gasteiger partial charge in [-0.05, 0) is 24.2 Å². The molecule has 0 aliphatic heterocycles. The SMILES string of the molecule is C[Si](C)(C)CCOCN(c1ccccc1)S(=O)(=O)c1ncccc1CO. The van der Waals surface area contributed by atoms with Crippen LogP contribution in [0.4, 0.5) is 5.69 Å². The van der Waals surface area contributed by atoms with Gasteiger partial charge in [0.25, 0.3) is 10.0 Å². The molecule has 1 aromatic heterocycles. The largest absolute Gasteiger partial charge is 0.392 e. The Morgan fingerprint density at radius 2 is 1.81 bits per heavy atom. The van der Waals surface area contributed by atoms with Gasteiger partial charge in [0, 0.05) is 26.4 Å². The quantitative estimate of drug-likeness (QED) is 0.402. The Morgan fingerprint density at radius 1 is 1.12 bits per heavy atom. The molecule has 1 N–H and O–H groups in total. The Labute approximate surface area is 156 Å². The van der Waals surface area contributed by atoms with Crippen molar-refractivity contribution in [3.05, 3.63) is 54.2 Å². The number of aliphatic hydroxyl groups excluding tert-OH is 1. The highest BCUT2D eigenvalue weighted by atomic mass is 32.2. The molecule has 0 saturated carbocycles. The van der Waals surface area contributed by atoms with Crippen LogP contribution in [0.5, 0.6) is 0 Å².